The molecule has 0 amide bonds. The van der Waals surface area contributed by atoms with Gasteiger partial charge >= 0.3 is 0 Å². The largest absolute Gasteiger partial charge is 0.378 e. The Hall–Kier alpha value is -1.39. The van der Waals surface area contributed by atoms with E-state index in [0.29, 0.717) is 6.04 Å². The second-order valence-corrected chi connectivity index (χ2v) is 6.22. The lowest BCUT2D eigenvalue weighted by atomic mass is 10.2. The van der Waals surface area contributed by atoms with Crippen LogP contribution in [0.4, 0.5) is 5.69 Å². The normalized spacial score (nSPS) is 12.4. The Balaban J connectivity index is 2.27. The van der Waals surface area contributed by atoms with E-state index in [1.54, 1.807) is 11.3 Å². The first-order valence-corrected chi connectivity index (χ1v) is 7.83. The molecular weight excluding hydrogens is 266 g/mol. The molecule has 0 aliphatic rings. The minimum Gasteiger partial charge on any atom is -0.378 e. The van der Waals surface area contributed by atoms with Gasteiger partial charge in [0.05, 0.1) is 5.69 Å². The summed E-state index contributed by atoms with van der Waals surface area (Å²) in [7, 11) is 4.11. The lowest BCUT2D eigenvalue weighted by Gasteiger charge is -2.12. The van der Waals surface area contributed by atoms with Crippen LogP contribution in [-0.4, -0.2) is 25.6 Å². The highest BCUT2D eigenvalue weighted by atomic mass is 32.1. The first kappa shape index (κ1) is 15.0. The summed E-state index contributed by atoms with van der Waals surface area (Å²) in [6, 6.07) is 8.94. The van der Waals surface area contributed by atoms with Gasteiger partial charge in [-0.05, 0) is 44.7 Å². The monoisotopic (exact) mass is 289 g/mol. The highest BCUT2D eigenvalue weighted by Gasteiger charge is 2.14. The average molecular weight is 289 g/mol. The Morgan fingerprint density at radius 3 is 2.45 bits per heavy atom. The molecule has 0 spiro atoms. The lowest BCUT2D eigenvalue weighted by Crippen LogP contribution is -2.17. The van der Waals surface area contributed by atoms with Gasteiger partial charge in [0, 0.05) is 36.3 Å². The minimum absolute atomic E-state index is 0.368. The van der Waals surface area contributed by atoms with E-state index in [1.807, 2.05) is 0 Å². The highest BCUT2D eigenvalue weighted by Crippen LogP contribution is 2.32. The second kappa shape index (κ2) is 6.37. The number of thiazole rings is 1. The van der Waals surface area contributed by atoms with Gasteiger partial charge in [0.1, 0.15) is 5.01 Å². The van der Waals surface area contributed by atoms with Crippen molar-refractivity contribution in [2.24, 2.45) is 0 Å². The van der Waals surface area contributed by atoms with Crippen molar-refractivity contribution in [2.45, 2.75) is 26.8 Å². The summed E-state index contributed by atoms with van der Waals surface area (Å²) in [6.07, 6.45) is 0. The van der Waals surface area contributed by atoms with Gasteiger partial charge < -0.3 is 10.2 Å². The maximum Gasteiger partial charge on any atom is 0.123 e. The van der Waals surface area contributed by atoms with Crippen molar-refractivity contribution in [3.05, 3.63) is 34.8 Å². The molecule has 4 heteroatoms. The van der Waals surface area contributed by atoms with E-state index in [4.69, 9.17) is 4.98 Å². The van der Waals surface area contributed by atoms with E-state index in [1.165, 1.54) is 16.1 Å². The third-order valence-electron chi connectivity index (χ3n) is 3.37. The molecule has 3 nitrogen and oxygen atoms in total. The maximum atomic E-state index is 4.72. The van der Waals surface area contributed by atoms with Crippen LogP contribution in [-0.2, 0) is 0 Å². The summed E-state index contributed by atoms with van der Waals surface area (Å²) >= 11 is 1.79. The van der Waals surface area contributed by atoms with E-state index >= 15 is 0 Å². The summed E-state index contributed by atoms with van der Waals surface area (Å²) < 4.78 is 0. The minimum atomic E-state index is 0.368. The molecule has 0 aliphatic heterocycles. The van der Waals surface area contributed by atoms with Crippen molar-refractivity contribution < 1.29 is 0 Å². The van der Waals surface area contributed by atoms with Crippen LogP contribution >= 0.6 is 11.3 Å². The molecule has 1 heterocycles. The first-order chi connectivity index (χ1) is 9.52. The number of aromatic nitrogens is 1. The predicted octanol–water partition coefficient (Wildman–Crippen LogP) is 3.86. The van der Waals surface area contributed by atoms with Crippen LogP contribution in [0.2, 0.25) is 0 Å². The number of anilines is 1. The molecule has 0 bridgehead atoms. The van der Waals surface area contributed by atoms with Gasteiger partial charge in [-0.2, -0.15) is 0 Å². The van der Waals surface area contributed by atoms with Crippen LogP contribution in [0.1, 0.15) is 30.5 Å². The van der Waals surface area contributed by atoms with Crippen LogP contribution < -0.4 is 10.2 Å². The summed E-state index contributed by atoms with van der Waals surface area (Å²) in [5.74, 6) is 0. The molecule has 1 N–H and O–H groups in total. The molecule has 1 aromatic carbocycles. The van der Waals surface area contributed by atoms with Gasteiger partial charge in [0.25, 0.3) is 0 Å². The SMILES string of the molecule is CCNC(C)c1sc(-c2ccc(N(C)C)cc2)nc1C. The lowest BCUT2D eigenvalue weighted by molar-refractivity contribution is 0.603. The molecule has 2 rings (SSSR count). The van der Waals surface area contributed by atoms with E-state index in [2.05, 4.69) is 69.3 Å². The molecule has 20 heavy (non-hydrogen) atoms. The quantitative estimate of drug-likeness (QED) is 0.906. The van der Waals surface area contributed by atoms with E-state index < -0.39 is 0 Å². The van der Waals surface area contributed by atoms with Gasteiger partial charge in [-0.3, -0.25) is 0 Å². The van der Waals surface area contributed by atoms with Crippen molar-refractivity contribution in [3.8, 4) is 10.6 Å². The van der Waals surface area contributed by atoms with Gasteiger partial charge in [-0.15, -0.1) is 11.3 Å². The molecule has 2 aromatic rings. The van der Waals surface area contributed by atoms with Crippen molar-refractivity contribution in [1.29, 1.82) is 0 Å². The number of hydrogen-bond acceptors (Lipinski definition) is 4. The molecule has 108 valence electrons. The molecule has 1 unspecified atom stereocenters. The van der Waals surface area contributed by atoms with Crippen molar-refractivity contribution in [1.82, 2.24) is 10.3 Å². The van der Waals surface area contributed by atoms with Crippen molar-refractivity contribution in [3.63, 3.8) is 0 Å². The smallest absolute Gasteiger partial charge is 0.123 e. The van der Waals surface area contributed by atoms with E-state index in [-0.39, 0.29) is 0 Å². The zero-order valence-corrected chi connectivity index (χ0v) is 13.7. The van der Waals surface area contributed by atoms with Crippen LogP contribution in [0.25, 0.3) is 10.6 Å². The van der Waals surface area contributed by atoms with Crippen LogP contribution in [0.3, 0.4) is 0 Å². The number of aryl methyl sites for hydroxylation is 1. The van der Waals surface area contributed by atoms with Gasteiger partial charge in [-0.1, -0.05) is 6.92 Å². The zero-order valence-electron chi connectivity index (χ0n) is 12.9. The molecule has 0 radical (unpaired) electrons. The van der Waals surface area contributed by atoms with E-state index in [0.717, 1.165) is 17.2 Å². The Kier molecular flexibility index (Phi) is 4.78. The van der Waals surface area contributed by atoms with Gasteiger partial charge in [-0.25, -0.2) is 4.98 Å². The Morgan fingerprint density at radius 1 is 1.25 bits per heavy atom. The predicted molar refractivity (Wildman–Crippen MR) is 88.7 cm³/mol. The summed E-state index contributed by atoms with van der Waals surface area (Å²) in [5.41, 5.74) is 3.54. The zero-order chi connectivity index (χ0) is 14.7. The molecule has 0 saturated carbocycles. The third-order valence-corrected chi connectivity index (χ3v) is 4.76. The average Bonchev–Trinajstić information content (AvgIpc) is 2.81. The summed E-state index contributed by atoms with van der Waals surface area (Å²) in [5, 5.41) is 4.56. The fourth-order valence-corrected chi connectivity index (χ4v) is 3.33. The number of rotatable bonds is 5. The number of nitrogens with one attached hydrogen (secondary N) is 1. The van der Waals surface area contributed by atoms with Gasteiger partial charge in [0.15, 0.2) is 0 Å². The Labute approximate surface area is 125 Å². The standard InChI is InChI=1S/C16H23N3S/c1-6-17-11(2)15-12(3)18-16(20-15)13-7-9-14(10-8-13)19(4)5/h7-11,17H,6H2,1-5H3. The molecule has 1 aromatic heterocycles. The van der Waals surface area contributed by atoms with Crippen LogP contribution in [0.5, 0.6) is 0 Å². The fourth-order valence-electron chi connectivity index (χ4n) is 2.23. The Morgan fingerprint density at radius 2 is 1.90 bits per heavy atom. The molecule has 0 saturated heterocycles. The maximum absolute atomic E-state index is 4.72. The first-order valence-electron chi connectivity index (χ1n) is 7.01. The topological polar surface area (TPSA) is 28.2 Å². The molecular formula is C16H23N3S. The third kappa shape index (κ3) is 3.19. The van der Waals surface area contributed by atoms with Crippen molar-refractivity contribution >= 4 is 17.0 Å². The summed E-state index contributed by atoms with van der Waals surface area (Å²) in [4.78, 5) is 8.16. The highest BCUT2D eigenvalue weighted by molar-refractivity contribution is 7.15. The molecule has 1 atom stereocenters. The number of nitrogens with zero attached hydrogens (tertiary/aromatic N) is 2. The molecule has 0 aliphatic carbocycles. The number of hydrogen-bond donors (Lipinski definition) is 1. The van der Waals surface area contributed by atoms with Crippen LogP contribution in [0.15, 0.2) is 24.3 Å². The second-order valence-electron chi connectivity index (χ2n) is 5.19. The van der Waals surface area contributed by atoms with Gasteiger partial charge in [0.2, 0.25) is 0 Å². The fraction of sp³-hybridized carbons (Fsp3) is 0.438. The summed E-state index contributed by atoms with van der Waals surface area (Å²) in [6.45, 7) is 7.40. The molecule has 0 fully saturated rings. The van der Waals surface area contributed by atoms with Crippen LogP contribution in [0, 0.1) is 6.92 Å². The van der Waals surface area contributed by atoms with E-state index in [9.17, 15) is 0 Å². The Bertz CT molecular complexity index is 558. The number of benzene rings is 1. The van der Waals surface area contributed by atoms with Crippen molar-refractivity contribution in [2.75, 3.05) is 25.5 Å².